The molecule has 2 aromatic rings. The Balaban J connectivity index is 2.11. The number of carbonyl (C=O) groups is 1. The Morgan fingerprint density at radius 1 is 1.36 bits per heavy atom. The van der Waals surface area contributed by atoms with Gasteiger partial charge in [0.1, 0.15) is 5.60 Å². The molecule has 1 aromatic heterocycles. The number of benzene rings is 1. The molecule has 116 valence electrons. The maximum atomic E-state index is 12.2. The smallest absolute Gasteiger partial charge is 0.252 e. The number of pyridine rings is 1. The van der Waals surface area contributed by atoms with Gasteiger partial charge in [-0.3, -0.25) is 9.78 Å². The zero-order valence-corrected chi connectivity index (χ0v) is 13.7. The molecule has 1 atom stereocenters. The first-order valence-electron chi connectivity index (χ1n) is 6.71. The zero-order valence-electron chi connectivity index (χ0n) is 12.1. The van der Waals surface area contributed by atoms with Gasteiger partial charge in [0.15, 0.2) is 0 Å². The van der Waals surface area contributed by atoms with Crippen LogP contribution in [-0.4, -0.2) is 36.3 Å². The van der Waals surface area contributed by atoms with Crippen LogP contribution in [0.15, 0.2) is 53.3 Å². The van der Waals surface area contributed by atoms with E-state index in [0.717, 1.165) is 4.47 Å². The SMILES string of the molecule is COC[C@@](O)(CNC(=O)c1cncc(Br)c1)c1ccccc1. The second-order valence-electron chi connectivity index (χ2n) is 4.91. The van der Waals surface area contributed by atoms with Gasteiger partial charge in [0, 0.05) is 24.0 Å². The molecule has 0 radical (unpaired) electrons. The fraction of sp³-hybridized carbons (Fsp3) is 0.250. The molecule has 0 saturated carbocycles. The van der Waals surface area contributed by atoms with Gasteiger partial charge in [0.2, 0.25) is 0 Å². The quantitative estimate of drug-likeness (QED) is 0.823. The molecule has 2 N–H and O–H groups in total. The monoisotopic (exact) mass is 364 g/mol. The molecule has 1 heterocycles. The van der Waals surface area contributed by atoms with Crippen LogP contribution in [0.2, 0.25) is 0 Å². The van der Waals surface area contributed by atoms with Gasteiger partial charge >= 0.3 is 0 Å². The lowest BCUT2D eigenvalue weighted by molar-refractivity contribution is -0.0334. The first-order valence-corrected chi connectivity index (χ1v) is 7.50. The third-order valence-electron chi connectivity index (χ3n) is 3.20. The Morgan fingerprint density at radius 2 is 2.09 bits per heavy atom. The van der Waals surface area contributed by atoms with E-state index in [-0.39, 0.29) is 19.1 Å². The number of amides is 1. The summed E-state index contributed by atoms with van der Waals surface area (Å²) in [5.74, 6) is -0.306. The number of aliphatic hydroxyl groups is 1. The van der Waals surface area contributed by atoms with Crippen molar-refractivity contribution in [3.8, 4) is 0 Å². The number of aromatic nitrogens is 1. The summed E-state index contributed by atoms with van der Waals surface area (Å²) in [4.78, 5) is 16.1. The van der Waals surface area contributed by atoms with Crippen LogP contribution in [-0.2, 0) is 10.3 Å². The van der Waals surface area contributed by atoms with Crippen molar-refractivity contribution < 1.29 is 14.6 Å². The minimum Gasteiger partial charge on any atom is -0.381 e. The van der Waals surface area contributed by atoms with Crippen LogP contribution in [0.5, 0.6) is 0 Å². The number of hydrogen-bond donors (Lipinski definition) is 2. The number of rotatable bonds is 6. The average Bonchev–Trinajstić information content (AvgIpc) is 2.54. The van der Waals surface area contributed by atoms with E-state index in [2.05, 4.69) is 26.2 Å². The first-order chi connectivity index (χ1) is 10.5. The van der Waals surface area contributed by atoms with Gasteiger partial charge in [0.05, 0.1) is 18.7 Å². The number of ether oxygens (including phenoxy) is 1. The molecule has 1 aromatic carbocycles. The van der Waals surface area contributed by atoms with E-state index in [9.17, 15) is 9.90 Å². The molecule has 5 nitrogen and oxygen atoms in total. The summed E-state index contributed by atoms with van der Waals surface area (Å²) in [5, 5.41) is 13.5. The molecule has 0 aliphatic carbocycles. The van der Waals surface area contributed by atoms with Gasteiger partial charge in [-0.1, -0.05) is 30.3 Å². The third-order valence-corrected chi connectivity index (χ3v) is 3.64. The minimum atomic E-state index is -1.29. The number of hydrogen-bond acceptors (Lipinski definition) is 4. The highest BCUT2D eigenvalue weighted by atomic mass is 79.9. The second kappa shape index (κ2) is 7.49. The first kappa shape index (κ1) is 16.6. The molecule has 0 unspecified atom stereocenters. The average molecular weight is 365 g/mol. The molecule has 1 amide bonds. The van der Waals surface area contributed by atoms with E-state index in [1.165, 1.54) is 13.3 Å². The third kappa shape index (κ3) is 4.13. The van der Waals surface area contributed by atoms with Gasteiger partial charge in [-0.25, -0.2) is 0 Å². The molecule has 0 aliphatic heterocycles. The number of nitrogens with zero attached hydrogens (tertiary/aromatic N) is 1. The van der Waals surface area contributed by atoms with Crippen molar-refractivity contribution in [2.75, 3.05) is 20.3 Å². The summed E-state index contributed by atoms with van der Waals surface area (Å²) in [7, 11) is 1.51. The Bertz CT molecular complexity index is 636. The molecule has 0 bridgehead atoms. The Hall–Kier alpha value is -1.76. The largest absolute Gasteiger partial charge is 0.381 e. The zero-order chi connectivity index (χ0) is 16.0. The van der Waals surface area contributed by atoms with Crippen molar-refractivity contribution in [1.29, 1.82) is 0 Å². The Morgan fingerprint density at radius 3 is 2.73 bits per heavy atom. The van der Waals surface area contributed by atoms with Crippen molar-refractivity contribution >= 4 is 21.8 Å². The Labute approximate surface area is 137 Å². The molecular formula is C16H17BrN2O3. The summed E-state index contributed by atoms with van der Waals surface area (Å²) in [6, 6.07) is 10.8. The van der Waals surface area contributed by atoms with E-state index >= 15 is 0 Å². The van der Waals surface area contributed by atoms with Crippen LogP contribution < -0.4 is 5.32 Å². The molecule has 0 saturated heterocycles. The van der Waals surface area contributed by atoms with Crippen LogP contribution in [0.25, 0.3) is 0 Å². The molecule has 0 fully saturated rings. The van der Waals surface area contributed by atoms with Crippen molar-refractivity contribution in [2.24, 2.45) is 0 Å². The van der Waals surface area contributed by atoms with Gasteiger partial charge < -0.3 is 15.2 Å². The van der Waals surface area contributed by atoms with Crippen molar-refractivity contribution in [3.63, 3.8) is 0 Å². The minimum absolute atomic E-state index is 0.0379. The molecular weight excluding hydrogens is 348 g/mol. The molecule has 2 rings (SSSR count). The molecule has 0 spiro atoms. The number of methoxy groups -OCH3 is 1. The maximum absolute atomic E-state index is 12.2. The van der Waals surface area contributed by atoms with E-state index in [4.69, 9.17) is 4.74 Å². The van der Waals surface area contributed by atoms with Gasteiger partial charge in [0.25, 0.3) is 5.91 Å². The number of carbonyl (C=O) groups excluding carboxylic acids is 1. The Kier molecular flexibility index (Phi) is 5.65. The molecule has 22 heavy (non-hydrogen) atoms. The second-order valence-corrected chi connectivity index (χ2v) is 5.82. The van der Waals surface area contributed by atoms with Crippen LogP contribution in [0.3, 0.4) is 0 Å². The summed E-state index contributed by atoms with van der Waals surface area (Å²) >= 11 is 3.27. The van der Waals surface area contributed by atoms with Crippen molar-refractivity contribution in [1.82, 2.24) is 10.3 Å². The molecule has 6 heteroatoms. The van der Waals surface area contributed by atoms with E-state index in [1.807, 2.05) is 18.2 Å². The van der Waals surface area contributed by atoms with Crippen LogP contribution in [0.1, 0.15) is 15.9 Å². The standard InChI is InChI=1S/C16H17BrN2O3/c1-22-11-16(21,13-5-3-2-4-6-13)10-19-15(20)12-7-14(17)9-18-8-12/h2-9,21H,10-11H2,1H3,(H,19,20)/t16-/m0/s1. The summed E-state index contributed by atoms with van der Waals surface area (Å²) in [6.45, 7) is 0.115. The van der Waals surface area contributed by atoms with Crippen LogP contribution in [0, 0.1) is 0 Å². The highest BCUT2D eigenvalue weighted by Crippen LogP contribution is 2.21. The van der Waals surface area contributed by atoms with Crippen LogP contribution >= 0.6 is 15.9 Å². The van der Waals surface area contributed by atoms with E-state index in [1.54, 1.807) is 24.4 Å². The number of halogens is 1. The van der Waals surface area contributed by atoms with Crippen molar-refractivity contribution in [2.45, 2.75) is 5.60 Å². The number of nitrogens with one attached hydrogen (secondary N) is 1. The van der Waals surface area contributed by atoms with E-state index in [0.29, 0.717) is 11.1 Å². The lowest BCUT2D eigenvalue weighted by Gasteiger charge is -2.28. The van der Waals surface area contributed by atoms with Gasteiger partial charge in [-0.2, -0.15) is 0 Å². The fourth-order valence-corrected chi connectivity index (χ4v) is 2.45. The fourth-order valence-electron chi connectivity index (χ4n) is 2.09. The van der Waals surface area contributed by atoms with Gasteiger partial charge in [-0.05, 0) is 27.6 Å². The lowest BCUT2D eigenvalue weighted by Crippen LogP contribution is -2.44. The topological polar surface area (TPSA) is 71.5 Å². The summed E-state index contributed by atoms with van der Waals surface area (Å²) in [5.41, 5.74) is -0.183. The molecule has 0 aliphatic rings. The normalized spacial score (nSPS) is 13.4. The lowest BCUT2D eigenvalue weighted by atomic mass is 9.94. The predicted octanol–water partition coefficient (Wildman–Crippen LogP) is 2.11. The summed E-state index contributed by atoms with van der Waals surface area (Å²) < 4.78 is 5.82. The van der Waals surface area contributed by atoms with Crippen molar-refractivity contribution in [3.05, 3.63) is 64.4 Å². The van der Waals surface area contributed by atoms with E-state index < -0.39 is 5.60 Å². The van der Waals surface area contributed by atoms with Gasteiger partial charge in [-0.15, -0.1) is 0 Å². The van der Waals surface area contributed by atoms with Crippen LogP contribution in [0.4, 0.5) is 0 Å². The maximum Gasteiger partial charge on any atom is 0.252 e. The predicted molar refractivity (Wildman–Crippen MR) is 86.5 cm³/mol. The summed E-state index contributed by atoms with van der Waals surface area (Å²) in [6.07, 6.45) is 3.07. The highest BCUT2D eigenvalue weighted by molar-refractivity contribution is 9.10. The highest BCUT2D eigenvalue weighted by Gasteiger charge is 2.30.